The summed E-state index contributed by atoms with van der Waals surface area (Å²) in [4.78, 5) is 16.5. The van der Waals surface area contributed by atoms with E-state index in [1.807, 2.05) is 30.3 Å². The summed E-state index contributed by atoms with van der Waals surface area (Å²) in [6.45, 7) is 0. The number of carbonyl (C=O) groups excluding carboxylic acids is 1. The topological polar surface area (TPSA) is 66.3 Å². The zero-order valence-electron chi connectivity index (χ0n) is 15.5. The minimum atomic E-state index is -0.464. The van der Waals surface area contributed by atoms with Crippen molar-refractivity contribution in [3.05, 3.63) is 59.3 Å². The number of esters is 1. The van der Waals surface area contributed by atoms with Crippen molar-refractivity contribution in [2.24, 2.45) is 4.99 Å². The molecule has 0 saturated heterocycles. The van der Waals surface area contributed by atoms with Crippen LogP contribution in [0.15, 0.2) is 53.2 Å². The Morgan fingerprint density at radius 3 is 2.48 bits per heavy atom. The summed E-state index contributed by atoms with van der Waals surface area (Å²) in [7, 11) is 4.78. The highest BCUT2D eigenvalue weighted by molar-refractivity contribution is 6.07. The van der Waals surface area contributed by atoms with Gasteiger partial charge < -0.3 is 18.9 Å². The standard InChI is InChI=1S/C21H21NO5/c1-24-16-6-4-5-14(11-16)7-10-20-22-18(21(23)27-20)12-15-8-9-17(25-2)13-19(15)26-3/h4-6,8-9,11-13H,7,10H2,1-3H3/b18-12+. The van der Waals surface area contributed by atoms with Crippen LogP contribution in [-0.2, 0) is 16.0 Å². The van der Waals surface area contributed by atoms with E-state index in [1.54, 1.807) is 39.5 Å². The first kappa shape index (κ1) is 18.5. The van der Waals surface area contributed by atoms with Gasteiger partial charge in [-0.2, -0.15) is 0 Å². The molecule has 0 saturated carbocycles. The maximum Gasteiger partial charge on any atom is 0.363 e. The monoisotopic (exact) mass is 367 g/mol. The molecule has 6 nitrogen and oxygen atoms in total. The van der Waals surface area contributed by atoms with Crippen molar-refractivity contribution >= 4 is 17.9 Å². The first-order valence-corrected chi connectivity index (χ1v) is 8.49. The van der Waals surface area contributed by atoms with Crippen molar-refractivity contribution in [3.63, 3.8) is 0 Å². The number of nitrogens with zero attached hydrogens (tertiary/aromatic N) is 1. The van der Waals surface area contributed by atoms with Gasteiger partial charge in [-0.25, -0.2) is 9.79 Å². The Hall–Kier alpha value is -3.28. The van der Waals surface area contributed by atoms with E-state index in [0.717, 1.165) is 16.9 Å². The number of cyclic esters (lactones) is 1. The number of aliphatic imine (C=N–C) groups is 1. The normalized spacial score (nSPS) is 14.7. The lowest BCUT2D eigenvalue weighted by Crippen LogP contribution is -2.05. The van der Waals surface area contributed by atoms with Gasteiger partial charge in [-0.3, -0.25) is 0 Å². The predicted octanol–water partition coefficient (Wildman–Crippen LogP) is 3.64. The third-order valence-electron chi connectivity index (χ3n) is 4.16. The molecule has 1 aliphatic heterocycles. The number of hydrogen-bond donors (Lipinski definition) is 0. The average molecular weight is 367 g/mol. The fourth-order valence-corrected chi connectivity index (χ4v) is 2.72. The molecular weight excluding hydrogens is 346 g/mol. The Morgan fingerprint density at radius 2 is 1.74 bits per heavy atom. The minimum Gasteiger partial charge on any atom is -0.497 e. The van der Waals surface area contributed by atoms with Crippen molar-refractivity contribution in [3.8, 4) is 17.2 Å². The van der Waals surface area contributed by atoms with Crippen molar-refractivity contribution in [1.82, 2.24) is 0 Å². The Balaban J connectivity index is 1.74. The van der Waals surface area contributed by atoms with Crippen LogP contribution in [0.3, 0.4) is 0 Å². The first-order chi connectivity index (χ1) is 13.1. The fraction of sp³-hybridized carbons (Fsp3) is 0.238. The molecule has 140 valence electrons. The second-order valence-electron chi connectivity index (χ2n) is 5.88. The predicted molar refractivity (Wildman–Crippen MR) is 102 cm³/mol. The van der Waals surface area contributed by atoms with E-state index in [0.29, 0.717) is 30.2 Å². The molecule has 0 aliphatic carbocycles. The maximum atomic E-state index is 12.1. The molecule has 2 aromatic rings. The van der Waals surface area contributed by atoms with Crippen LogP contribution in [0.5, 0.6) is 17.2 Å². The molecule has 0 N–H and O–H groups in total. The van der Waals surface area contributed by atoms with Crippen molar-refractivity contribution in [2.45, 2.75) is 12.8 Å². The molecule has 2 aromatic carbocycles. The van der Waals surface area contributed by atoms with Crippen LogP contribution in [-0.4, -0.2) is 33.2 Å². The number of methoxy groups -OCH3 is 3. The van der Waals surface area contributed by atoms with Crippen LogP contribution in [0.25, 0.3) is 6.08 Å². The highest BCUT2D eigenvalue weighted by Gasteiger charge is 2.23. The van der Waals surface area contributed by atoms with Crippen LogP contribution >= 0.6 is 0 Å². The quantitative estimate of drug-likeness (QED) is 0.552. The minimum absolute atomic E-state index is 0.249. The molecule has 0 atom stereocenters. The Kier molecular flexibility index (Phi) is 5.76. The molecule has 0 fully saturated rings. The first-order valence-electron chi connectivity index (χ1n) is 8.49. The van der Waals surface area contributed by atoms with Gasteiger partial charge in [0.15, 0.2) is 11.6 Å². The maximum absolute atomic E-state index is 12.1. The van der Waals surface area contributed by atoms with E-state index < -0.39 is 5.97 Å². The van der Waals surface area contributed by atoms with Gasteiger partial charge in [0.25, 0.3) is 0 Å². The summed E-state index contributed by atoms with van der Waals surface area (Å²) >= 11 is 0. The molecular formula is C21H21NO5. The lowest BCUT2D eigenvalue weighted by atomic mass is 10.1. The Labute approximate surface area is 158 Å². The van der Waals surface area contributed by atoms with Gasteiger partial charge in [-0.15, -0.1) is 0 Å². The second kappa shape index (κ2) is 8.40. The summed E-state index contributed by atoms with van der Waals surface area (Å²) in [5, 5.41) is 0. The van der Waals surface area contributed by atoms with E-state index in [2.05, 4.69) is 4.99 Å². The van der Waals surface area contributed by atoms with Gasteiger partial charge in [0.2, 0.25) is 0 Å². The summed E-state index contributed by atoms with van der Waals surface area (Å²) in [5.41, 5.74) is 2.06. The van der Waals surface area contributed by atoms with Crippen LogP contribution in [0.2, 0.25) is 0 Å². The second-order valence-corrected chi connectivity index (χ2v) is 5.88. The summed E-state index contributed by atoms with van der Waals surface area (Å²) in [6, 6.07) is 13.1. The molecule has 0 aromatic heterocycles. The molecule has 0 bridgehead atoms. The molecule has 0 amide bonds. The fourth-order valence-electron chi connectivity index (χ4n) is 2.72. The number of rotatable bonds is 7. The molecule has 27 heavy (non-hydrogen) atoms. The third kappa shape index (κ3) is 4.47. The van der Waals surface area contributed by atoms with Gasteiger partial charge in [0, 0.05) is 18.1 Å². The van der Waals surface area contributed by atoms with Crippen LogP contribution in [0, 0.1) is 0 Å². The zero-order chi connectivity index (χ0) is 19.2. The van der Waals surface area contributed by atoms with E-state index in [4.69, 9.17) is 18.9 Å². The summed E-state index contributed by atoms with van der Waals surface area (Å²) < 4.78 is 21.0. The SMILES string of the molecule is COc1cccc(CCC2=N/C(=C/c3ccc(OC)cc3OC)C(=O)O2)c1. The number of hydrogen-bond acceptors (Lipinski definition) is 6. The highest BCUT2D eigenvalue weighted by atomic mass is 16.6. The number of ether oxygens (including phenoxy) is 4. The largest absolute Gasteiger partial charge is 0.497 e. The third-order valence-corrected chi connectivity index (χ3v) is 4.16. The molecule has 6 heteroatoms. The number of aryl methyl sites for hydroxylation is 1. The van der Waals surface area contributed by atoms with Crippen molar-refractivity contribution in [2.75, 3.05) is 21.3 Å². The molecule has 3 rings (SSSR count). The van der Waals surface area contributed by atoms with Crippen LogP contribution in [0.4, 0.5) is 0 Å². The summed E-state index contributed by atoms with van der Waals surface area (Å²) in [6.07, 6.45) is 2.87. The molecule has 1 heterocycles. The van der Waals surface area contributed by atoms with Crippen molar-refractivity contribution in [1.29, 1.82) is 0 Å². The Morgan fingerprint density at radius 1 is 0.963 bits per heavy atom. The van der Waals surface area contributed by atoms with E-state index >= 15 is 0 Å². The summed E-state index contributed by atoms with van der Waals surface area (Å²) in [5.74, 6) is 2.00. The Bertz CT molecular complexity index is 901. The lowest BCUT2D eigenvalue weighted by Gasteiger charge is -2.07. The smallest absolute Gasteiger partial charge is 0.363 e. The molecule has 0 unspecified atom stereocenters. The van der Waals surface area contributed by atoms with Crippen molar-refractivity contribution < 1.29 is 23.7 Å². The van der Waals surface area contributed by atoms with Gasteiger partial charge in [-0.1, -0.05) is 12.1 Å². The van der Waals surface area contributed by atoms with Crippen LogP contribution < -0.4 is 14.2 Å². The zero-order valence-corrected chi connectivity index (χ0v) is 15.5. The highest BCUT2D eigenvalue weighted by Crippen LogP contribution is 2.28. The average Bonchev–Trinajstić information content (AvgIpc) is 3.06. The van der Waals surface area contributed by atoms with E-state index in [-0.39, 0.29) is 5.70 Å². The molecule has 0 radical (unpaired) electrons. The van der Waals surface area contributed by atoms with E-state index in [9.17, 15) is 4.79 Å². The van der Waals surface area contributed by atoms with Gasteiger partial charge in [-0.05, 0) is 42.3 Å². The number of benzene rings is 2. The van der Waals surface area contributed by atoms with Gasteiger partial charge in [0.05, 0.1) is 21.3 Å². The van der Waals surface area contributed by atoms with E-state index in [1.165, 1.54) is 0 Å². The van der Waals surface area contributed by atoms with Gasteiger partial charge in [0.1, 0.15) is 17.2 Å². The van der Waals surface area contributed by atoms with Gasteiger partial charge >= 0.3 is 5.97 Å². The molecule has 1 aliphatic rings. The molecule has 0 spiro atoms. The lowest BCUT2D eigenvalue weighted by molar-refractivity contribution is -0.130. The number of carbonyl (C=O) groups is 1. The van der Waals surface area contributed by atoms with Crippen LogP contribution in [0.1, 0.15) is 17.5 Å².